The molecule has 1 N–H and O–H groups in total. The van der Waals surface area contributed by atoms with Crippen LogP contribution in [-0.4, -0.2) is 32.1 Å². The van der Waals surface area contributed by atoms with Gasteiger partial charge in [0.2, 0.25) is 0 Å². The summed E-state index contributed by atoms with van der Waals surface area (Å²) in [5, 5.41) is 3.22. The summed E-state index contributed by atoms with van der Waals surface area (Å²) in [6.07, 6.45) is 5.46. The molecule has 2 unspecified atom stereocenters. The zero-order chi connectivity index (χ0) is 15.2. The van der Waals surface area contributed by atoms with E-state index in [4.69, 9.17) is 4.74 Å². The zero-order valence-corrected chi connectivity index (χ0v) is 14.0. The van der Waals surface area contributed by atoms with Gasteiger partial charge < -0.3 is 10.1 Å². The van der Waals surface area contributed by atoms with Crippen LogP contribution in [0.1, 0.15) is 43.7 Å². The van der Waals surface area contributed by atoms with Gasteiger partial charge >= 0.3 is 0 Å². The molecule has 1 saturated carbocycles. The number of hydrogen-bond donors (Lipinski definition) is 1. The Morgan fingerprint density at radius 2 is 2.05 bits per heavy atom. The minimum absolute atomic E-state index is 0.705. The second kappa shape index (κ2) is 7.81. The molecule has 0 saturated heterocycles. The predicted octanol–water partition coefficient (Wildman–Crippen LogP) is 3.43. The number of benzene rings is 1. The SMILES string of the molecule is CNCc1ccc(OC)c(CN(C)C2CCCCC2C)c1. The topological polar surface area (TPSA) is 24.5 Å². The predicted molar refractivity (Wildman–Crippen MR) is 88.6 cm³/mol. The quantitative estimate of drug-likeness (QED) is 0.869. The van der Waals surface area contributed by atoms with Gasteiger partial charge in [-0.05, 0) is 50.6 Å². The van der Waals surface area contributed by atoms with Crippen LogP contribution in [-0.2, 0) is 13.1 Å². The molecule has 0 aromatic heterocycles. The summed E-state index contributed by atoms with van der Waals surface area (Å²) >= 11 is 0. The van der Waals surface area contributed by atoms with Crippen LogP contribution in [0.3, 0.4) is 0 Å². The molecule has 0 bridgehead atoms. The summed E-state index contributed by atoms with van der Waals surface area (Å²) < 4.78 is 5.55. The van der Waals surface area contributed by atoms with Crippen LogP contribution in [0.2, 0.25) is 0 Å². The van der Waals surface area contributed by atoms with Gasteiger partial charge in [-0.3, -0.25) is 4.90 Å². The van der Waals surface area contributed by atoms with Crippen molar-refractivity contribution in [3.05, 3.63) is 29.3 Å². The molecule has 1 aliphatic rings. The van der Waals surface area contributed by atoms with E-state index in [9.17, 15) is 0 Å². The van der Waals surface area contributed by atoms with Crippen molar-refractivity contribution in [2.75, 3.05) is 21.2 Å². The molecule has 21 heavy (non-hydrogen) atoms. The Hall–Kier alpha value is -1.06. The Kier molecular flexibility index (Phi) is 6.07. The largest absolute Gasteiger partial charge is 0.496 e. The molecule has 118 valence electrons. The summed E-state index contributed by atoms with van der Waals surface area (Å²) in [4.78, 5) is 2.52. The number of nitrogens with one attached hydrogen (secondary N) is 1. The third kappa shape index (κ3) is 4.21. The molecule has 0 amide bonds. The average Bonchev–Trinajstić information content (AvgIpc) is 2.48. The van der Waals surface area contributed by atoms with Gasteiger partial charge in [0.1, 0.15) is 5.75 Å². The van der Waals surface area contributed by atoms with Crippen molar-refractivity contribution in [2.24, 2.45) is 5.92 Å². The first-order chi connectivity index (χ1) is 10.2. The van der Waals surface area contributed by atoms with Crippen LogP contribution in [0.5, 0.6) is 5.75 Å². The van der Waals surface area contributed by atoms with Crippen molar-refractivity contribution in [3.63, 3.8) is 0 Å². The van der Waals surface area contributed by atoms with E-state index in [1.165, 1.54) is 36.8 Å². The smallest absolute Gasteiger partial charge is 0.123 e. The second-order valence-electron chi connectivity index (χ2n) is 6.42. The maximum absolute atomic E-state index is 5.55. The van der Waals surface area contributed by atoms with Crippen molar-refractivity contribution in [2.45, 2.75) is 51.7 Å². The number of hydrogen-bond acceptors (Lipinski definition) is 3. The lowest BCUT2D eigenvalue weighted by molar-refractivity contribution is 0.132. The molecule has 1 fully saturated rings. The molecule has 2 atom stereocenters. The van der Waals surface area contributed by atoms with E-state index in [1.54, 1.807) is 7.11 Å². The minimum atomic E-state index is 0.705. The van der Waals surface area contributed by atoms with Crippen LogP contribution in [0.4, 0.5) is 0 Å². The first-order valence-electron chi connectivity index (χ1n) is 8.16. The van der Waals surface area contributed by atoms with E-state index in [0.717, 1.165) is 24.8 Å². The van der Waals surface area contributed by atoms with E-state index < -0.39 is 0 Å². The van der Waals surface area contributed by atoms with E-state index in [-0.39, 0.29) is 0 Å². The summed E-state index contributed by atoms with van der Waals surface area (Å²) in [7, 11) is 6.01. The molecule has 0 radical (unpaired) electrons. The van der Waals surface area contributed by atoms with E-state index in [1.807, 2.05) is 7.05 Å². The Morgan fingerprint density at radius 3 is 2.71 bits per heavy atom. The third-order valence-electron chi connectivity index (χ3n) is 4.78. The Morgan fingerprint density at radius 1 is 1.29 bits per heavy atom. The third-order valence-corrected chi connectivity index (χ3v) is 4.78. The van der Waals surface area contributed by atoms with Gasteiger partial charge in [0, 0.05) is 24.7 Å². The summed E-state index contributed by atoms with van der Waals surface area (Å²) in [6, 6.07) is 7.22. The molecule has 1 aromatic carbocycles. The first-order valence-corrected chi connectivity index (χ1v) is 8.16. The van der Waals surface area contributed by atoms with Gasteiger partial charge in [-0.25, -0.2) is 0 Å². The normalized spacial score (nSPS) is 22.5. The van der Waals surface area contributed by atoms with Crippen LogP contribution in [0.25, 0.3) is 0 Å². The number of rotatable bonds is 6. The van der Waals surface area contributed by atoms with E-state index in [0.29, 0.717) is 6.04 Å². The molecule has 0 aliphatic heterocycles. The average molecular weight is 290 g/mol. The fraction of sp³-hybridized carbons (Fsp3) is 0.667. The number of methoxy groups -OCH3 is 1. The molecule has 1 aliphatic carbocycles. The van der Waals surface area contributed by atoms with Crippen molar-refractivity contribution >= 4 is 0 Å². The molecular formula is C18H30N2O. The van der Waals surface area contributed by atoms with Gasteiger partial charge in [0.15, 0.2) is 0 Å². The van der Waals surface area contributed by atoms with Crippen LogP contribution in [0, 0.1) is 5.92 Å². The van der Waals surface area contributed by atoms with Gasteiger partial charge in [0.05, 0.1) is 7.11 Å². The Balaban J connectivity index is 2.10. The van der Waals surface area contributed by atoms with Gasteiger partial charge in [-0.2, -0.15) is 0 Å². The second-order valence-corrected chi connectivity index (χ2v) is 6.42. The fourth-order valence-electron chi connectivity index (χ4n) is 3.61. The van der Waals surface area contributed by atoms with Crippen LogP contribution >= 0.6 is 0 Å². The Bertz CT molecular complexity index is 447. The van der Waals surface area contributed by atoms with Crippen molar-refractivity contribution in [3.8, 4) is 5.75 Å². The lowest BCUT2D eigenvalue weighted by atomic mass is 9.85. The maximum Gasteiger partial charge on any atom is 0.123 e. The molecule has 0 heterocycles. The minimum Gasteiger partial charge on any atom is -0.496 e. The molecule has 3 heteroatoms. The molecule has 3 nitrogen and oxygen atoms in total. The summed E-state index contributed by atoms with van der Waals surface area (Å²) in [6.45, 7) is 4.27. The summed E-state index contributed by atoms with van der Waals surface area (Å²) in [5.41, 5.74) is 2.61. The van der Waals surface area contributed by atoms with Crippen LogP contribution in [0.15, 0.2) is 18.2 Å². The monoisotopic (exact) mass is 290 g/mol. The van der Waals surface area contributed by atoms with Crippen LogP contribution < -0.4 is 10.1 Å². The molecular weight excluding hydrogens is 260 g/mol. The highest BCUT2D eigenvalue weighted by molar-refractivity contribution is 5.37. The molecule has 1 aromatic rings. The van der Waals surface area contributed by atoms with Gasteiger partial charge in [-0.15, -0.1) is 0 Å². The standard InChI is InChI=1S/C18H30N2O/c1-14-7-5-6-8-17(14)20(3)13-16-11-15(12-19-2)9-10-18(16)21-4/h9-11,14,17,19H,5-8,12-13H2,1-4H3. The Labute approximate surface area is 129 Å². The lowest BCUT2D eigenvalue weighted by Gasteiger charge is -2.36. The van der Waals surface area contributed by atoms with Gasteiger partial charge in [0.25, 0.3) is 0 Å². The van der Waals surface area contributed by atoms with E-state index in [2.05, 4.69) is 42.4 Å². The van der Waals surface area contributed by atoms with Gasteiger partial charge in [-0.1, -0.05) is 25.8 Å². The molecule has 0 spiro atoms. The highest BCUT2D eigenvalue weighted by Gasteiger charge is 2.25. The van der Waals surface area contributed by atoms with E-state index >= 15 is 0 Å². The van der Waals surface area contributed by atoms with Crippen molar-refractivity contribution in [1.82, 2.24) is 10.2 Å². The number of ether oxygens (including phenoxy) is 1. The summed E-state index contributed by atoms with van der Waals surface area (Å²) in [5.74, 6) is 1.81. The first kappa shape index (κ1) is 16.3. The highest BCUT2D eigenvalue weighted by atomic mass is 16.5. The fourth-order valence-corrected chi connectivity index (χ4v) is 3.61. The zero-order valence-electron chi connectivity index (χ0n) is 14.0. The highest BCUT2D eigenvalue weighted by Crippen LogP contribution is 2.30. The van der Waals surface area contributed by atoms with Crippen molar-refractivity contribution < 1.29 is 4.74 Å². The number of nitrogens with zero attached hydrogens (tertiary/aromatic N) is 1. The van der Waals surface area contributed by atoms with Crippen molar-refractivity contribution in [1.29, 1.82) is 0 Å². The maximum atomic E-state index is 5.55. The lowest BCUT2D eigenvalue weighted by Crippen LogP contribution is -2.38. The molecule has 2 rings (SSSR count).